The van der Waals surface area contributed by atoms with Crippen molar-refractivity contribution in [1.82, 2.24) is 0 Å². The lowest BCUT2D eigenvalue weighted by Gasteiger charge is -2.24. The van der Waals surface area contributed by atoms with Gasteiger partial charge >= 0.3 is 0 Å². The Hall–Kier alpha value is -1.85. The molecule has 0 saturated carbocycles. The van der Waals surface area contributed by atoms with Crippen LogP contribution < -0.4 is 11.1 Å². The first-order valence-corrected chi connectivity index (χ1v) is 7.14. The highest BCUT2D eigenvalue weighted by Crippen LogP contribution is 2.33. The molecule has 2 aromatic carbocycles. The second-order valence-electron chi connectivity index (χ2n) is 4.03. The molecule has 2 aromatic rings. The molecule has 0 amide bonds. The zero-order valence-electron chi connectivity index (χ0n) is 9.61. The first kappa shape index (κ1) is 11.3. The van der Waals surface area contributed by atoms with Crippen molar-refractivity contribution in [1.29, 1.82) is 0 Å². The maximum absolute atomic E-state index is 13.2. The Morgan fingerprint density at radius 1 is 1.06 bits per heavy atom. The van der Waals surface area contributed by atoms with Crippen molar-refractivity contribution in [3.63, 3.8) is 0 Å². The van der Waals surface area contributed by atoms with Gasteiger partial charge in [0.05, 0.1) is 15.5 Å². The van der Waals surface area contributed by atoms with Crippen LogP contribution in [0.4, 0.5) is 5.69 Å². The van der Waals surface area contributed by atoms with Gasteiger partial charge in [-0.2, -0.15) is 4.36 Å². The Balaban J connectivity index is 2.31. The zero-order valence-corrected chi connectivity index (χ0v) is 10.4. The SMILES string of the molecule is NC1N=S(=O)(c2ccccc2)c2ccccc2N1. The zero-order chi connectivity index (χ0) is 12.6. The average Bonchev–Trinajstić information content (AvgIpc) is 2.39. The van der Waals surface area contributed by atoms with E-state index >= 15 is 0 Å². The van der Waals surface area contributed by atoms with Crippen LogP contribution in [0.15, 0.2) is 68.8 Å². The normalized spacial score (nSPS) is 25.7. The summed E-state index contributed by atoms with van der Waals surface area (Å²) in [4.78, 5) is 1.38. The van der Waals surface area contributed by atoms with Crippen molar-refractivity contribution < 1.29 is 4.21 Å². The van der Waals surface area contributed by atoms with E-state index in [9.17, 15) is 4.21 Å². The van der Waals surface area contributed by atoms with Gasteiger partial charge in [-0.15, -0.1) is 0 Å². The molecular formula is C13H13N3OS. The molecule has 5 heteroatoms. The highest BCUT2D eigenvalue weighted by molar-refractivity contribution is 7.94. The fourth-order valence-electron chi connectivity index (χ4n) is 2.02. The Morgan fingerprint density at radius 3 is 2.50 bits per heavy atom. The Bertz CT molecular complexity index is 690. The van der Waals surface area contributed by atoms with Crippen LogP contribution in [0.25, 0.3) is 0 Å². The van der Waals surface area contributed by atoms with Crippen LogP contribution in [-0.2, 0) is 9.73 Å². The summed E-state index contributed by atoms with van der Waals surface area (Å²) >= 11 is 0. The molecule has 0 aliphatic carbocycles. The quantitative estimate of drug-likeness (QED) is 0.825. The van der Waals surface area contributed by atoms with Gasteiger partial charge in [0.2, 0.25) is 0 Å². The third kappa shape index (κ3) is 1.68. The lowest BCUT2D eigenvalue weighted by molar-refractivity contribution is 0.665. The minimum absolute atomic E-state index is 0.646. The maximum Gasteiger partial charge on any atom is 0.180 e. The van der Waals surface area contributed by atoms with Gasteiger partial charge in [-0.3, -0.25) is 5.73 Å². The van der Waals surface area contributed by atoms with Crippen LogP contribution in [0.1, 0.15) is 0 Å². The van der Waals surface area contributed by atoms with Crippen molar-refractivity contribution >= 4 is 15.4 Å². The summed E-state index contributed by atoms with van der Waals surface area (Å²) in [5.74, 6) is 0. The van der Waals surface area contributed by atoms with Crippen LogP contribution in [0.2, 0.25) is 0 Å². The van der Waals surface area contributed by atoms with Crippen LogP contribution in [0, 0.1) is 0 Å². The van der Waals surface area contributed by atoms with E-state index in [-0.39, 0.29) is 0 Å². The second kappa shape index (κ2) is 4.12. The number of para-hydroxylation sites is 1. The van der Waals surface area contributed by atoms with E-state index in [2.05, 4.69) is 9.68 Å². The molecule has 92 valence electrons. The molecule has 0 spiro atoms. The third-order valence-corrected chi connectivity index (χ3v) is 5.20. The smallest absolute Gasteiger partial charge is 0.180 e. The molecule has 1 heterocycles. The summed E-state index contributed by atoms with van der Waals surface area (Å²) in [5, 5.41) is 3.02. The van der Waals surface area contributed by atoms with E-state index in [0.717, 1.165) is 5.69 Å². The topological polar surface area (TPSA) is 67.5 Å². The fourth-order valence-corrected chi connectivity index (χ4v) is 4.10. The van der Waals surface area contributed by atoms with Gasteiger partial charge < -0.3 is 5.32 Å². The number of nitrogens with one attached hydrogen (secondary N) is 1. The molecule has 18 heavy (non-hydrogen) atoms. The number of benzene rings is 2. The van der Waals surface area contributed by atoms with Crippen LogP contribution in [0.5, 0.6) is 0 Å². The van der Waals surface area contributed by atoms with Crippen LogP contribution >= 0.6 is 0 Å². The van der Waals surface area contributed by atoms with E-state index in [4.69, 9.17) is 5.73 Å². The molecule has 0 saturated heterocycles. The molecule has 3 rings (SSSR count). The van der Waals surface area contributed by atoms with E-state index in [1.807, 2.05) is 54.6 Å². The highest BCUT2D eigenvalue weighted by Gasteiger charge is 2.25. The Morgan fingerprint density at radius 2 is 1.72 bits per heavy atom. The summed E-state index contributed by atoms with van der Waals surface area (Å²) in [6.07, 6.45) is -0.646. The number of fused-ring (bicyclic) bond motifs is 1. The molecule has 1 aliphatic rings. The summed E-state index contributed by atoms with van der Waals surface area (Å²) in [7, 11) is -2.64. The highest BCUT2D eigenvalue weighted by atomic mass is 32.2. The number of nitrogens with zero attached hydrogens (tertiary/aromatic N) is 1. The summed E-state index contributed by atoms with van der Waals surface area (Å²) in [6, 6.07) is 16.7. The molecular weight excluding hydrogens is 246 g/mol. The van der Waals surface area contributed by atoms with E-state index < -0.39 is 16.0 Å². The molecule has 0 radical (unpaired) electrons. The van der Waals surface area contributed by atoms with Crippen molar-refractivity contribution in [3.05, 3.63) is 54.6 Å². The summed E-state index contributed by atoms with van der Waals surface area (Å²) in [6.45, 7) is 0. The first-order chi connectivity index (χ1) is 8.70. The number of rotatable bonds is 1. The van der Waals surface area contributed by atoms with Crippen molar-refractivity contribution in [2.24, 2.45) is 10.1 Å². The largest absolute Gasteiger partial charge is 0.350 e. The number of hydrogen-bond donors (Lipinski definition) is 2. The van der Waals surface area contributed by atoms with Crippen LogP contribution in [0.3, 0.4) is 0 Å². The number of nitrogens with two attached hydrogens (primary N) is 1. The lowest BCUT2D eigenvalue weighted by Crippen LogP contribution is -2.32. The maximum atomic E-state index is 13.2. The standard InChI is InChI=1S/C13H13N3OS/c14-13-15-11-8-4-5-9-12(11)18(17,16-13)10-6-2-1-3-7-10/h1-9,13,15H,14H2. The van der Waals surface area contributed by atoms with Gasteiger partial charge in [0.25, 0.3) is 0 Å². The van der Waals surface area contributed by atoms with Gasteiger partial charge in [-0.1, -0.05) is 30.3 Å². The van der Waals surface area contributed by atoms with Gasteiger partial charge in [0.1, 0.15) is 9.73 Å². The molecule has 2 unspecified atom stereocenters. The second-order valence-corrected chi connectivity index (χ2v) is 6.20. The van der Waals surface area contributed by atoms with Gasteiger partial charge in [-0.25, -0.2) is 4.21 Å². The average molecular weight is 259 g/mol. The summed E-state index contributed by atoms with van der Waals surface area (Å²) in [5.41, 5.74) is 6.59. The molecule has 1 aliphatic heterocycles. The number of anilines is 1. The number of hydrogen-bond acceptors (Lipinski definition) is 4. The van der Waals surface area contributed by atoms with Gasteiger partial charge in [-0.05, 0) is 24.3 Å². The van der Waals surface area contributed by atoms with Crippen molar-refractivity contribution in [2.75, 3.05) is 5.32 Å². The van der Waals surface area contributed by atoms with E-state index in [1.54, 1.807) is 0 Å². The predicted molar refractivity (Wildman–Crippen MR) is 71.6 cm³/mol. The van der Waals surface area contributed by atoms with E-state index in [1.165, 1.54) is 0 Å². The van der Waals surface area contributed by atoms with Crippen molar-refractivity contribution in [2.45, 2.75) is 16.1 Å². The first-order valence-electron chi connectivity index (χ1n) is 5.63. The molecule has 3 N–H and O–H groups in total. The van der Waals surface area contributed by atoms with Gasteiger partial charge in [0.15, 0.2) is 6.29 Å². The Labute approximate surface area is 106 Å². The predicted octanol–water partition coefficient (Wildman–Crippen LogP) is 2.24. The Kier molecular flexibility index (Phi) is 2.57. The van der Waals surface area contributed by atoms with Crippen LogP contribution in [-0.4, -0.2) is 10.5 Å². The van der Waals surface area contributed by atoms with E-state index in [0.29, 0.717) is 9.79 Å². The van der Waals surface area contributed by atoms with Crippen molar-refractivity contribution in [3.8, 4) is 0 Å². The molecule has 0 aromatic heterocycles. The molecule has 0 fully saturated rings. The minimum Gasteiger partial charge on any atom is -0.350 e. The third-order valence-electron chi connectivity index (χ3n) is 2.81. The summed E-state index contributed by atoms with van der Waals surface area (Å²) < 4.78 is 17.4. The lowest BCUT2D eigenvalue weighted by atomic mass is 10.3. The molecule has 0 bridgehead atoms. The van der Waals surface area contributed by atoms with Gasteiger partial charge in [0, 0.05) is 0 Å². The monoisotopic (exact) mass is 259 g/mol. The molecule has 2 atom stereocenters. The molecule has 4 nitrogen and oxygen atoms in total. The fraction of sp³-hybridized carbons (Fsp3) is 0.0769. The minimum atomic E-state index is -2.64.